The van der Waals surface area contributed by atoms with Gasteiger partial charge in [0.15, 0.2) is 0 Å². The highest BCUT2D eigenvalue weighted by Gasteiger charge is 2.12. The van der Waals surface area contributed by atoms with Crippen LogP contribution in [0.4, 0.5) is 10.1 Å². The molecule has 166 valence electrons. The molecule has 0 atom stereocenters. The predicted molar refractivity (Wildman–Crippen MR) is 129 cm³/mol. The number of benzene rings is 2. The van der Waals surface area contributed by atoms with Crippen molar-refractivity contribution in [2.45, 2.75) is 17.7 Å². The Morgan fingerprint density at radius 2 is 2.00 bits per heavy atom. The zero-order valence-electron chi connectivity index (χ0n) is 17.1. The summed E-state index contributed by atoms with van der Waals surface area (Å²) in [5.74, 6) is 0.700. The van der Waals surface area contributed by atoms with Crippen LogP contribution in [-0.2, 0) is 6.42 Å². The van der Waals surface area contributed by atoms with Gasteiger partial charge in [-0.1, -0.05) is 29.3 Å². The number of aryl methyl sites for hydroxylation is 1. The van der Waals surface area contributed by atoms with E-state index in [1.807, 2.05) is 18.2 Å². The monoisotopic (exact) mass is 491 g/mol. The van der Waals surface area contributed by atoms with Crippen LogP contribution in [0.25, 0.3) is 10.9 Å². The molecule has 0 aliphatic heterocycles. The Morgan fingerprint density at radius 3 is 2.81 bits per heavy atom. The van der Waals surface area contributed by atoms with E-state index in [2.05, 4.69) is 14.7 Å². The third-order valence-corrected chi connectivity index (χ3v) is 6.23. The molecule has 0 aliphatic carbocycles. The Bertz CT molecular complexity index is 1240. The second kappa shape index (κ2) is 10.3. The van der Waals surface area contributed by atoms with E-state index in [-0.39, 0.29) is 5.82 Å². The van der Waals surface area contributed by atoms with Crippen LogP contribution in [0.3, 0.4) is 0 Å². The van der Waals surface area contributed by atoms with Crippen molar-refractivity contribution < 1.29 is 13.9 Å². The molecule has 0 fully saturated rings. The van der Waals surface area contributed by atoms with Crippen LogP contribution in [0.1, 0.15) is 12.1 Å². The first-order chi connectivity index (χ1) is 15.5. The third-order valence-electron chi connectivity index (χ3n) is 4.75. The lowest BCUT2D eigenvalue weighted by molar-refractivity contribution is 0.308. The molecule has 32 heavy (non-hydrogen) atoms. The van der Waals surface area contributed by atoms with Crippen LogP contribution in [0.15, 0.2) is 59.6 Å². The van der Waals surface area contributed by atoms with Gasteiger partial charge in [-0.25, -0.2) is 9.37 Å². The first-order valence-corrected chi connectivity index (χ1v) is 11.4. The zero-order valence-corrected chi connectivity index (χ0v) is 19.5. The average molecular weight is 492 g/mol. The third kappa shape index (κ3) is 5.23. The smallest absolute Gasteiger partial charge is 0.213 e. The van der Waals surface area contributed by atoms with Crippen molar-refractivity contribution in [1.82, 2.24) is 9.97 Å². The SMILES string of the molecule is COc1cccc(CCCOc2ccc(SNc3ccc(Cl)c4c(Cl)c[nH]c34)c(F)c2)n1. The van der Waals surface area contributed by atoms with Gasteiger partial charge in [-0.3, -0.25) is 0 Å². The summed E-state index contributed by atoms with van der Waals surface area (Å²) in [5.41, 5.74) is 2.45. The molecule has 0 saturated heterocycles. The Hall–Kier alpha value is -2.61. The number of fused-ring (bicyclic) bond motifs is 1. The van der Waals surface area contributed by atoms with E-state index in [9.17, 15) is 4.39 Å². The lowest BCUT2D eigenvalue weighted by Gasteiger charge is -2.10. The van der Waals surface area contributed by atoms with Gasteiger partial charge in [0.2, 0.25) is 5.88 Å². The van der Waals surface area contributed by atoms with Crippen LogP contribution in [-0.4, -0.2) is 23.7 Å². The van der Waals surface area contributed by atoms with Gasteiger partial charge in [-0.2, -0.15) is 0 Å². The molecule has 5 nitrogen and oxygen atoms in total. The molecule has 0 spiro atoms. The molecule has 2 aromatic heterocycles. The number of hydrogen-bond acceptors (Lipinski definition) is 5. The van der Waals surface area contributed by atoms with E-state index in [1.54, 1.807) is 37.6 Å². The summed E-state index contributed by atoms with van der Waals surface area (Å²) < 4.78 is 28.6. The van der Waals surface area contributed by atoms with Gasteiger partial charge < -0.3 is 19.2 Å². The number of nitrogens with zero attached hydrogens (tertiary/aromatic N) is 1. The Balaban J connectivity index is 1.32. The van der Waals surface area contributed by atoms with Crippen molar-refractivity contribution in [2.24, 2.45) is 0 Å². The van der Waals surface area contributed by atoms with Gasteiger partial charge in [0, 0.05) is 29.4 Å². The minimum Gasteiger partial charge on any atom is -0.493 e. The van der Waals surface area contributed by atoms with E-state index in [0.29, 0.717) is 33.2 Å². The number of halogens is 3. The quantitative estimate of drug-likeness (QED) is 0.192. The molecule has 2 aromatic carbocycles. The van der Waals surface area contributed by atoms with Crippen molar-refractivity contribution in [3.8, 4) is 11.6 Å². The highest BCUT2D eigenvalue weighted by Crippen LogP contribution is 2.36. The standard InChI is InChI=1S/C23H20Cl2FN3O2S/c1-30-21-6-2-4-14(28-21)5-3-11-31-15-7-10-20(18(26)12-15)32-29-19-9-8-16(24)22-17(25)13-27-23(19)22/h2,4,6-10,12-13,27,29H,3,5,11H2,1H3. The Kier molecular flexibility index (Phi) is 7.29. The number of aromatic nitrogens is 2. The zero-order chi connectivity index (χ0) is 22.5. The maximum Gasteiger partial charge on any atom is 0.213 e. The van der Waals surface area contributed by atoms with Gasteiger partial charge in [-0.15, -0.1) is 0 Å². The van der Waals surface area contributed by atoms with Crippen molar-refractivity contribution in [2.75, 3.05) is 18.4 Å². The summed E-state index contributed by atoms with van der Waals surface area (Å²) in [6.45, 7) is 0.458. The summed E-state index contributed by atoms with van der Waals surface area (Å²) in [6, 6.07) is 14.0. The van der Waals surface area contributed by atoms with Crippen LogP contribution in [0.5, 0.6) is 11.6 Å². The topological polar surface area (TPSA) is 59.2 Å². The number of anilines is 1. The maximum atomic E-state index is 14.6. The molecule has 0 radical (unpaired) electrons. The first kappa shape index (κ1) is 22.6. The highest BCUT2D eigenvalue weighted by molar-refractivity contribution is 8.00. The van der Waals surface area contributed by atoms with Crippen molar-refractivity contribution in [1.29, 1.82) is 0 Å². The summed E-state index contributed by atoms with van der Waals surface area (Å²) >= 11 is 13.6. The number of aromatic amines is 1. The minimum atomic E-state index is -0.371. The fourth-order valence-corrected chi connectivity index (χ4v) is 4.41. The predicted octanol–water partition coefficient (Wildman–Crippen LogP) is 7.15. The van der Waals surface area contributed by atoms with Crippen LogP contribution in [0, 0.1) is 5.82 Å². The van der Waals surface area contributed by atoms with Gasteiger partial charge in [0.05, 0.1) is 39.9 Å². The molecular weight excluding hydrogens is 472 g/mol. The van der Waals surface area contributed by atoms with Gasteiger partial charge in [-0.05, 0) is 55.1 Å². The molecule has 2 heterocycles. The summed E-state index contributed by atoms with van der Waals surface area (Å²) in [7, 11) is 1.59. The van der Waals surface area contributed by atoms with E-state index >= 15 is 0 Å². The Labute approximate surface area is 199 Å². The van der Waals surface area contributed by atoms with Gasteiger partial charge in [0.25, 0.3) is 0 Å². The number of hydrogen-bond donors (Lipinski definition) is 2. The van der Waals surface area contributed by atoms with E-state index < -0.39 is 0 Å². The molecule has 0 saturated carbocycles. The van der Waals surface area contributed by atoms with Crippen molar-refractivity contribution in [3.63, 3.8) is 0 Å². The number of nitrogens with one attached hydrogen (secondary N) is 2. The first-order valence-electron chi connectivity index (χ1n) is 9.85. The molecule has 0 bridgehead atoms. The molecular formula is C23H20Cl2FN3O2S. The molecule has 2 N–H and O–H groups in total. The number of pyridine rings is 1. The van der Waals surface area contributed by atoms with E-state index in [0.717, 1.165) is 47.1 Å². The van der Waals surface area contributed by atoms with Gasteiger partial charge >= 0.3 is 0 Å². The average Bonchev–Trinajstić information content (AvgIpc) is 3.20. The number of H-pyrrole nitrogens is 1. The van der Waals surface area contributed by atoms with Crippen LogP contribution >= 0.6 is 35.1 Å². The summed E-state index contributed by atoms with van der Waals surface area (Å²) in [4.78, 5) is 7.90. The minimum absolute atomic E-state index is 0.371. The summed E-state index contributed by atoms with van der Waals surface area (Å²) in [6.07, 6.45) is 3.17. The Morgan fingerprint density at radius 1 is 1.12 bits per heavy atom. The molecule has 9 heteroatoms. The number of ether oxygens (including phenoxy) is 2. The van der Waals surface area contributed by atoms with Crippen LogP contribution in [0.2, 0.25) is 10.0 Å². The van der Waals surface area contributed by atoms with E-state index in [1.165, 1.54) is 6.07 Å². The largest absolute Gasteiger partial charge is 0.493 e. The fraction of sp³-hybridized carbons (Fsp3) is 0.174. The molecule has 4 aromatic rings. The van der Waals surface area contributed by atoms with Crippen molar-refractivity contribution >= 4 is 51.7 Å². The molecule has 0 amide bonds. The van der Waals surface area contributed by atoms with Crippen LogP contribution < -0.4 is 14.2 Å². The normalized spacial score (nSPS) is 11.0. The van der Waals surface area contributed by atoms with Crippen molar-refractivity contribution in [3.05, 3.63) is 76.3 Å². The lowest BCUT2D eigenvalue weighted by atomic mass is 10.2. The molecule has 0 aliphatic rings. The lowest BCUT2D eigenvalue weighted by Crippen LogP contribution is -2.01. The number of methoxy groups -OCH3 is 1. The maximum absolute atomic E-state index is 14.6. The van der Waals surface area contributed by atoms with E-state index in [4.69, 9.17) is 32.7 Å². The number of rotatable bonds is 9. The fourth-order valence-electron chi connectivity index (χ4n) is 3.17. The highest BCUT2D eigenvalue weighted by atomic mass is 35.5. The second-order valence-corrected chi connectivity index (χ2v) is 8.56. The molecule has 4 rings (SSSR count). The summed E-state index contributed by atoms with van der Waals surface area (Å²) in [5, 5.41) is 1.82. The second-order valence-electron chi connectivity index (χ2n) is 6.90. The van der Waals surface area contributed by atoms with Gasteiger partial charge in [0.1, 0.15) is 11.6 Å². The molecule has 0 unspecified atom stereocenters.